The van der Waals surface area contributed by atoms with Gasteiger partial charge in [-0.1, -0.05) is 146 Å². The van der Waals surface area contributed by atoms with E-state index in [1.54, 1.807) is 0 Å². The predicted octanol–water partition coefficient (Wildman–Crippen LogP) is 16.3. The number of fused-ring (bicyclic) bond motifs is 9. The van der Waals surface area contributed by atoms with Gasteiger partial charge in [0.15, 0.2) is 0 Å². The molecule has 0 saturated carbocycles. The zero-order chi connectivity index (χ0) is 38.9. The van der Waals surface area contributed by atoms with Crippen LogP contribution >= 0.6 is 0 Å². The third-order valence-corrected chi connectivity index (χ3v) is 11.8. The number of hydrogen-bond acceptors (Lipinski definition) is 3. The summed E-state index contributed by atoms with van der Waals surface area (Å²) in [5, 5.41) is 9.29. The van der Waals surface area contributed by atoms with Crippen LogP contribution < -0.4 is 4.90 Å². The van der Waals surface area contributed by atoms with Gasteiger partial charge in [0.25, 0.3) is 0 Å². The highest BCUT2D eigenvalue weighted by Gasteiger charge is 2.19. The first-order valence-corrected chi connectivity index (χ1v) is 20.1. The van der Waals surface area contributed by atoms with Gasteiger partial charge in [-0.15, -0.1) is 0 Å². The molecule has 0 atom stereocenters. The molecule has 3 heteroatoms. The minimum atomic E-state index is 0.886. The van der Waals surface area contributed by atoms with Crippen LogP contribution in [0.1, 0.15) is 0 Å². The van der Waals surface area contributed by atoms with Crippen molar-refractivity contribution in [2.75, 3.05) is 4.90 Å². The summed E-state index contributed by atoms with van der Waals surface area (Å²) >= 11 is 0. The summed E-state index contributed by atoms with van der Waals surface area (Å²) in [5.74, 6) is 0. The van der Waals surface area contributed by atoms with Gasteiger partial charge in [0.2, 0.25) is 0 Å². The molecule has 0 aliphatic heterocycles. The summed E-state index contributed by atoms with van der Waals surface area (Å²) in [7, 11) is 0. The van der Waals surface area contributed by atoms with E-state index in [1.165, 1.54) is 27.3 Å². The molecule has 0 aliphatic carbocycles. The molecule has 3 nitrogen and oxygen atoms in total. The smallest absolute Gasteiger partial charge is 0.143 e. The number of furan rings is 2. The van der Waals surface area contributed by atoms with E-state index >= 15 is 0 Å². The zero-order valence-corrected chi connectivity index (χ0v) is 32.0. The molecule has 12 aromatic rings. The molecule has 12 rings (SSSR count). The van der Waals surface area contributed by atoms with Gasteiger partial charge in [-0.25, -0.2) is 0 Å². The second-order valence-corrected chi connectivity index (χ2v) is 15.3. The lowest BCUT2D eigenvalue weighted by atomic mass is 9.97. The average molecular weight is 754 g/mol. The van der Waals surface area contributed by atoms with Crippen molar-refractivity contribution >= 4 is 82.5 Å². The Kier molecular flexibility index (Phi) is 7.54. The van der Waals surface area contributed by atoms with E-state index in [0.717, 1.165) is 88.6 Å². The molecular weight excluding hydrogens is 719 g/mol. The molecule has 0 saturated heterocycles. The summed E-state index contributed by atoms with van der Waals surface area (Å²) in [5.41, 5.74) is 13.7. The molecule has 59 heavy (non-hydrogen) atoms. The first-order valence-electron chi connectivity index (χ1n) is 20.1. The van der Waals surface area contributed by atoms with Crippen molar-refractivity contribution in [2.45, 2.75) is 0 Å². The SMILES string of the molecule is c1cc(-c2cccc3oc4c5ccccc5ccc4c23)cc(N(c2ccc(-c3ccc4ccccc4c3)cc2)c2ccc(-c3cccc4oc5ccccc5c34)cc2)c1. The van der Waals surface area contributed by atoms with E-state index in [2.05, 4.69) is 205 Å². The van der Waals surface area contributed by atoms with Crippen molar-refractivity contribution in [1.82, 2.24) is 0 Å². The summed E-state index contributed by atoms with van der Waals surface area (Å²) in [6.45, 7) is 0. The molecule has 0 N–H and O–H groups in total. The maximum absolute atomic E-state index is 6.59. The van der Waals surface area contributed by atoms with Crippen LogP contribution in [0, 0.1) is 0 Å². The second-order valence-electron chi connectivity index (χ2n) is 15.3. The van der Waals surface area contributed by atoms with Gasteiger partial charge < -0.3 is 13.7 Å². The van der Waals surface area contributed by atoms with Crippen molar-refractivity contribution in [3.8, 4) is 33.4 Å². The highest BCUT2D eigenvalue weighted by Crippen LogP contribution is 2.43. The van der Waals surface area contributed by atoms with Crippen LogP contribution in [0.15, 0.2) is 221 Å². The second kappa shape index (κ2) is 13.4. The molecule has 0 unspecified atom stereocenters. The molecular formula is C56H35NO2. The van der Waals surface area contributed by atoms with Crippen LogP contribution in [0.2, 0.25) is 0 Å². The molecule has 0 bridgehead atoms. The Hall–Kier alpha value is -7.88. The first-order chi connectivity index (χ1) is 29.2. The minimum Gasteiger partial charge on any atom is -0.456 e. The van der Waals surface area contributed by atoms with Gasteiger partial charge in [-0.3, -0.25) is 0 Å². The largest absolute Gasteiger partial charge is 0.456 e. The van der Waals surface area contributed by atoms with Crippen LogP contribution in [0.4, 0.5) is 17.1 Å². The minimum absolute atomic E-state index is 0.886. The Bertz CT molecular complexity index is 3550. The van der Waals surface area contributed by atoms with E-state index in [4.69, 9.17) is 8.83 Å². The third-order valence-electron chi connectivity index (χ3n) is 11.8. The van der Waals surface area contributed by atoms with Crippen LogP contribution in [0.25, 0.3) is 98.8 Å². The van der Waals surface area contributed by atoms with E-state index in [9.17, 15) is 0 Å². The lowest BCUT2D eigenvalue weighted by molar-refractivity contribution is 0.669. The van der Waals surface area contributed by atoms with E-state index < -0.39 is 0 Å². The average Bonchev–Trinajstić information content (AvgIpc) is 3.89. The topological polar surface area (TPSA) is 29.5 Å². The predicted molar refractivity (Wildman–Crippen MR) is 247 cm³/mol. The third kappa shape index (κ3) is 5.51. The summed E-state index contributed by atoms with van der Waals surface area (Å²) in [4.78, 5) is 2.35. The van der Waals surface area contributed by atoms with Gasteiger partial charge in [0.05, 0.1) is 0 Å². The summed E-state index contributed by atoms with van der Waals surface area (Å²) < 4.78 is 12.8. The van der Waals surface area contributed by atoms with Crippen molar-refractivity contribution in [1.29, 1.82) is 0 Å². The Labute approximate surface area is 340 Å². The van der Waals surface area contributed by atoms with Crippen LogP contribution in [-0.2, 0) is 0 Å². The molecule has 10 aromatic carbocycles. The van der Waals surface area contributed by atoms with Gasteiger partial charge in [0.1, 0.15) is 22.3 Å². The standard InChI is InChI=1S/C56H35NO2/c1-2-12-40-34-41(23-22-36(40)10-1)37-24-29-43(30-25-37)57(44-31-26-39(27-32-44)46-17-8-20-52-54(46)49-16-5-6-19-51(49)58-52)45-14-7-13-42(35-45)47-18-9-21-53-55(47)50-33-28-38-11-3-4-15-48(38)56(50)59-53/h1-35H. The fourth-order valence-corrected chi connectivity index (χ4v) is 9.03. The van der Waals surface area contributed by atoms with Crippen LogP contribution in [0.5, 0.6) is 0 Å². The van der Waals surface area contributed by atoms with Gasteiger partial charge in [0, 0.05) is 44.0 Å². The maximum atomic E-state index is 6.59. The zero-order valence-electron chi connectivity index (χ0n) is 32.0. The Morgan fingerprint density at radius 1 is 0.288 bits per heavy atom. The van der Waals surface area contributed by atoms with E-state index in [0.29, 0.717) is 0 Å². The fraction of sp³-hybridized carbons (Fsp3) is 0. The van der Waals surface area contributed by atoms with Crippen molar-refractivity contribution < 1.29 is 8.83 Å². The number of para-hydroxylation sites is 1. The molecule has 2 heterocycles. The van der Waals surface area contributed by atoms with Crippen LogP contribution in [0.3, 0.4) is 0 Å². The van der Waals surface area contributed by atoms with Crippen LogP contribution in [-0.4, -0.2) is 0 Å². The first kappa shape index (κ1) is 33.3. The monoisotopic (exact) mass is 753 g/mol. The molecule has 2 aromatic heterocycles. The molecule has 0 fully saturated rings. The van der Waals surface area contributed by atoms with Crippen molar-refractivity contribution in [2.24, 2.45) is 0 Å². The van der Waals surface area contributed by atoms with Crippen molar-refractivity contribution in [3.63, 3.8) is 0 Å². The number of benzene rings is 10. The Morgan fingerprint density at radius 2 is 0.864 bits per heavy atom. The maximum Gasteiger partial charge on any atom is 0.143 e. The molecule has 0 amide bonds. The normalized spacial score (nSPS) is 11.7. The van der Waals surface area contributed by atoms with Gasteiger partial charge in [-0.05, 0) is 116 Å². The quantitative estimate of drug-likeness (QED) is 0.169. The number of nitrogens with zero attached hydrogens (tertiary/aromatic N) is 1. The highest BCUT2D eigenvalue weighted by molar-refractivity contribution is 6.19. The molecule has 0 radical (unpaired) electrons. The molecule has 0 aliphatic rings. The Balaban J connectivity index is 0.993. The van der Waals surface area contributed by atoms with E-state index in [-0.39, 0.29) is 0 Å². The summed E-state index contributed by atoms with van der Waals surface area (Å²) in [6.07, 6.45) is 0. The van der Waals surface area contributed by atoms with Gasteiger partial charge >= 0.3 is 0 Å². The van der Waals surface area contributed by atoms with Gasteiger partial charge in [-0.2, -0.15) is 0 Å². The van der Waals surface area contributed by atoms with Crippen molar-refractivity contribution in [3.05, 3.63) is 212 Å². The Morgan fingerprint density at radius 3 is 1.66 bits per heavy atom. The lowest BCUT2D eigenvalue weighted by Gasteiger charge is -2.26. The summed E-state index contributed by atoms with van der Waals surface area (Å²) in [6, 6.07) is 75.8. The highest BCUT2D eigenvalue weighted by atomic mass is 16.3. The number of anilines is 3. The fourth-order valence-electron chi connectivity index (χ4n) is 9.03. The molecule has 276 valence electrons. The lowest BCUT2D eigenvalue weighted by Crippen LogP contribution is -2.10. The molecule has 0 spiro atoms. The van der Waals surface area contributed by atoms with E-state index in [1.807, 2.05) is 12.1 Å². The number of rotatable bonds is 6. The number of hydrogen-bond donors (Lipinski definition) is 0.